The summed E-state index contributed by atoms with van der Waals surface area (Å²) in [5.74, 6) is 0.712. The van der Waals surface area contributed by atoms with E-state index in [1.54, 1.807) is 4.57 Å². The molecular weight excluding hydrogens is 446 g/mol. The molecule has 0 saturated carbocycles. The molecule has 0 N–H and O–H groups in total. The van der Waals surface area contributed by atoms with Crippen LogP contribution in [0.3, 0.4) is 0 Å². The van der Waals surface area contributed by atoms with Crippen LogP contribution < -0.4 is 5.56 Å². The fourth-order valence-electron chi connectivity index (χ4n) is 4.40. The van der Waals surface area contributed by atoms with Gasteiger partial charge in [0, 0.05) is 17.1 Å². The van der Waals surface area contributed by atoms with Crippen molar-refractivity contribution in [1.82, 2.24) is 24.1 Å². The first-order valence-electron chi connectivity index (χ1n) is 11.1. The van der Waals surface area contributed by atoms with E-state index < -0.39 is 0 Å². The molecule has 0 aliphatic carbocycles. The molecule has 0 bridgehead atoms. The molecule has 0 radical (unpaired) electrons. The average Bonchev–Trinajstić information content (AvgIpc) is 3.18. The maximum absolute atomic E-state index is 14.0. The Labute approximate surface area is 200 Å². The van der Waals surface area contributed by atoms with Gasteiger partial charge in [-0.1, -0.05) is 61.0 Å². The molecule has 0 atom stereocenters. The number of fused-ring (bicyclic) bond motifs is 4. The van der Waals surface area contributed by atoms with Crippen LogP contribution in [0.15, 0.2) is 83.7 Å². The van der Waals surface area contributed by atoms with Gasteiger partial charge in [0.15, 0.2) is 11.3 Å². The summed E-state index contributed by atoms with van der Waals surface area (Å²) >= 11 is 6.15. The van der Waals surface area contributed by atoms with E-state index in [2.05, 4.69) is 0 Å². The molecule has 34 heavy (non-hydrogen) atoms. The van der Waals surface area contributed by atoms with Crippen molar-refractivity contribution < 1.29 is 0 Å². The van der Waals surface area contributed by atoms with Gasteiger partial charge in [-0.2, -0.15) is 0 Å². The third-order valence-corrected chi connectivity index (χ3v) is 6.28. The number of rotatable bonds is 4. The molecule has 0 spiro atoms. The SMILES string of the molecule is CCc1nc2c(c(=O)n1Cc1ccccc1)c1nc3ccccc3nc1n2-c1ccc(Cl)cc1. The Morgan fingerprint density at radius 2 is 1.47 bits per heavy atom. The van der Waals surface area contributed by atoms with Crippen molar-refractivity contribution in [1.29, 1.82) is 0 Å². The van der Waals surface area contributed by atoms with Gasteiger partial charge in [0.25, 0.3) is 5.56 Å². The fraction of sp³-hybridized carbons (Fsp3) is 0.111. The van der Waals surface area contributed by atoms with Crippen molar-refractivity contribution in [3.05, 3.63) is 106 Å². The summed E-state index contributed by atoms with van der Waals surface area (Å²) in [6, 6.07) is 25.1. The Hall–Kier alpha value is -4.03. The second-order valence-corrected chi connectivity index (χ2v) is 8.59. The molecule has 0 unspecified atom stereocenters. The lowest BCUT2D eigenvalue weighted by Crippen LogP contribution is -2.26. The van der Waals surface area contributed by atoms with Crippen molar-refractivity contribution in [3.63, 3.8) is 0 Å². The van der Waals surface area contributed by atoms with Crippen molar-refractivity contribution in [2.75, 3.05) is 0 Å². The predicted molar refractivity (Wildman–Crippen MR) is 136 cm³/mol. The molecule has 0 aliphatic heterocycles. The van der Waals surface area contributed by atoms with Crippen LogP contribution in [-0.4, -0.2) is 24.1 Å². The lowest BCUT2D eigenvalue weighted by atomic mass is 10.2. The molecule has 3 heterocycles. The first-order chi connectivity index (χ1) is 16.6. The molecule has 0 fully saturated rings. The Kier molecular flexibility index (Phi) is 4.89. The third kappa shape index (κ3) is 3.26. The number of hydrogen-bond donors (Lipinski definition) is 0. The lowest BCUT2D eigenvalue weighted by Gasteiger charge is -2.12. The van der Waals surface area contributed by atoms with E-state index in [9.17, 15) is 4.79 Å². The van der Waals surface area contributed by atoms with Crippen LogP contribution in [0, 0.1) is 0 Å². The molecule has 6 rings (SSSR count). The first-order valence-corrected chi connectivity index (χ1v) is 11.5. The Morgan fingerprint density at radius 3 is 2.18 bits per heavy atom. The van der Waals surface area contributed by atoms with Crippen LogP contribution in [0.5, 0.6) is 0 Å². The van der Waals surface area contributed by atoms with Crippen molar-refractivity contribution in [2.45, 2.75) is 19.9 Å². The molecule has 0 saturated heterocycles. The number of hydrogen-bond acceptors (Lipinski definition) is 4. The van der Waals surface area contributed by atoms with Gasteiger partial charge in [-0.3, -0.25) is 13.9 Å². The average molecular weight is 466 g/mol. The minimum atomic E-state index is -0.118. The summed E-state index contributed by atoms with van der Waals surface area (Å²) < 4.78 is 3.66. The molecule has 3 aromatic carbocycles. The summed E-state index contributed by atoms with van der Waals surface area (Å²) in [7, 11) is 0. The summed E-state index contributed by atoms with van der Waals surface area (Å²) in [5.41, 5.74) is 4.94. The van der Waals surface area contributed by atoms with E-state index in [1.807, 2.05) is 90.4 Å². The van der Waals surface area contributed by atoms with Crippen LogP contribution in [-0.2, 0) is 13.0 Å². The van der Waals surface area contributed by atoms with Gasteiger partial charge in [-0.25, -0.2) is 15.0 Å². The maximum atomic E-state index is 14.0. The van der Waals surface area contributed by atoms with Gasteiger partial charge in [0.1, 0.15) is 16.7 Å². The molecule has 6 nitrogen and oxygen atoms in total. The number of aryl methyl sites for hydroxylation is 1. The van der Waals surface area contributed by atoms with Crippen molar-refractivity contribution in [3.8, 4) is 5.69 Å². The Morgan fingerprint density at radius 1 is 0.794 bits per heavy atom. The van der Waals surface area contributed by atoms with Crippen LogP contribution in [0.1, 0.15) is 18.3 Å². The lowest BCUT2D eigenvalue weighted by molar-refractivity contribution is 0.685. The van der Waals surface area contributed by atoms with Crippen LogP contribution in [0.25, 0.3) is 38.9 Å². The highest BCUT2D eigenvalue weighted by Crippen LogP contribution is 2.29. The van der Waals surface area contributed by atoms with Gasteiger partial charge < -0.3 is 0 Å². The van der Waals surface area contributed by atoms with E-state index in [4.69, 9.17) is 26.6 Å². The minimum absolute atomic E-state index is 0.118. The fourth-order valence-corrected chi connectivity index (χ4v) is 4.53. The Bertz CT molecular complexity index is 1740. The number of benzene rings is 3. The number of para-hydroxylation sites is 2. The van der Waals surface area contributed by atoms with Gasteiger partial charge in [0.05, 0.1) is 17.6 Å². The second-order valence-electron chi connectivity index (χ2n) is 8.15. The van der Waals surface area contributed by atoms with Gasteiger partial charge in [-0.15, -0.1) is 0 Å². The number of halogens is 1. The van der Waals surface area contributed by atoms with E-state index in [0.717, 1.165) is 22.3 Å². The van der Waals surface area contributed by atoms with Crippen LogP contribution in [0.2, 0.25) is 5.02 Å². The molecule has 166 valence electrons. The third-order valence-electron chi connectivity index (χ3n) is 6.03. The standard InChI is InChI=1S/C27H20ClN5O/c1-2-22-31-25-23(27(34)32(22)16-17-8-4-3-5-9-17)24-26(30-21-11-7-6-10-20(21)29-24)33(25)19-14-12-18(28)13-15-19/h3-15H,2,16H2,1H3. The normalized spacial score (nSPS) is 11.6. The minimum Gasteiger partial charge on any atom is -0.291 e. The maximum Gasteiger partial charge on any atom is 0.265 e. The zero-order valence-electron chi connectivity index (χ0n) is 18.4. The second kappa shape index (κ2) is 8.08. The zero-order valence-corrected chi connectivity index (χ0v) is 19.2. The monoisotopic (exact) mass is 465 g/mol. The zero-order chi connectivity index (χ0) is 23.2. The topological polar surface area (TPSA) is 65.6 Å². The summed E-state index contributed by atoms with van der Waals surface area (Å²) in [6.45, 7) is 2.45. The molecular formula is C27H20ClN5O. The van der Waals surface area contributed by atoms with Crippen LogP contribution >= 0.6 is 11.6 Å². The summed E-state index contributed by atoms with van der Waals surface area (Å²) in [6.07, 6.45) is 0.614. The van der Waals surface area contributed by atoms with E-state index in [1.165, 1.54) is 0 Å². The quantitative estimate of drug-likeness (QED) is 0.342. The molecule has 7 heteroatoms. The van der Waals surface area contributed by atoms with E-state index in [-0.39, 0.29) is 5.56 Å². The van der Waals surface area contributed by atoms with E-state index >= 15 is 0 Å². The van der Waals surface area contributed by atoms with E-state index in [0.29, 0.717) is 46.0 Å². The molecule has 6 aromatic rings. The molecule has 0 amide bonds. The predicted octanol–water partition coefficient (Wildman–Crippen LogP) is 5.55. The Balaban J connectivity index is 1.75. The number of aromatic nitrogens is 5. The smallest absolute Gasteiger partial charge is 0.265 e. The highest BCUT2D eigenvalue weighted by atomic mass is 35.5. The number of nitrogens with zero attached hydrogens (tertiary/aromatic N) is 5. The molecule has 0 aliphatic rings. The highest BCUT2D eigenvalue weighted by Gasteiger charge is 2.22. The summed E-state index contributed by atoms with van der Waals surface area (Å²) in [5, 5.41) is 1.10. The van der Waals surface area contributed by atoms with Gasteiger partial charge >= 0.3 is 0 Å². The van der Waals surface area contributed by atoms with Crippen molar-refractivity contribution >= 4 is 44.8 Å². The first kappa shape index (κ1) is 20.6. The largest absolute Gasteiger partial charge is 0.291 e. The summed E-state index contributed by atoms with van der Waals surface area (Å²) in [4.78, 5) is 28.7. The van der Waals surface area contributed by atoms with Gasteiger partial charge in [-0.05, 0) is 42.0 Å². The van der Waals surface area contributed by atoms with Crippen LogP contribution in [0.4, 0.5) is 0 Å². The van der Waals surface area contributed by atoms with Gasteiger partial charge in [0.2, 0.25) is 0 Å². The molecule has 3 aromatic heterocycles. The van der Waals surface area contributed by atoms with Crippen molar-refractivity contribution in [2.24, 2.45) is 0 Å². The highest BCUT2D eigenvalue weighted by molar-refractivity contribution is 6.30.